The van der Waals surface area contributed by atoms with Crippen molar-refractivity contribution in [2.75, 3.05) is 13.7 Å². The predicted molar refractivity (Wildman–Crippen MR) is 69.5 cm³/mol. The van der Waals surface area contributed by atoms with Gasteiger partial charge in [-0.05, 0) is 31.0 Å². The van der Waals surface area contributed by atoms with Crippen LogP contribution in [0.15, 0.2) is 18.2 Å². The molecule has 0 aliphatic rings. The molecule has 0 N–H and O–H groups in total. The van der Waals surface area contributed by atoms with Crippen molar-refractivity contribution in [2.45, 2.75) is 40.5 Å². The molecular weight excluding hydrogens is 200 g/mol. The van der Waals surface area contributed by atoms with Gasteiger partial charge < -0.3 is 9.47 Å². The van der Waals surface area contributed by atoms with Gasteiger partial charge in [-0.25, -0.2) is 0 Å². The number of benzene rings is 1. The highest BCUT2D eigenvalue weighted by Crippen LogP contribution is 2.28. The quantitative estimate of drug-likeness (QED) is 0.750. The van der Waals surface area contributed by atoms with Gasteiger partial charge in [0.05, 0.1) is 13.7 Å². The molecule has 0 aliphatic carbocycles. The molecule has 0 radical (unpaired) electrons. The van der Waals surface area contributed by atoms with Crippen LogP contribution in [0.1, 0.15) is 39.7 Å². The van der Waals surface area contributed by atoms with Crippen LogP contribution in [0.25, 0.3) is 0 Å². The second-order valence-electron chi connectivity index (χ2n) is 3.17. The average Bonchev–Trinajstić information content (AvgIpc) is 2.33. The molecule has 92 valence electrons. The van der Waals surface area contributed by atoms with E-state index in [4.69, 9.17) is 9.47 Å². The first-order valence-electron chi connectivity index (χ1n) is 6.11. The zero-order valence-electron chi connectivity index (χ0n) is 11.2. The van der Waals surface area contributed by atoms with E-state index in [-0.39, 0.29) is 0 Å². The fourth-order valence-corrected chi connectivity index (χ4v) is 1.43. The van der Waals surface area contributed by atoms with Crippen LogP contribution in [-0.4, -0.2) is 13.7 Å². The van der Waals surface area contributed by atoms with E-state index in [2.05, 4.69) is 19.1 Å². The monoisotopic (exact) mass is 224 g/mol. The van der Waals surface area contributed by atoms with Crippen molar-refractivity contribution < 1.29 is 9.47 Å². The minimum Gasteiger partial charge on any atom is -0.493 e. The third kappa shape index (κ3) is 4.56. The molecule has 0 atom stereocenters. The summed E-state index contributed by atoms with van der Waals surface area (Å²) in [5.41, 5.74) is 1.30. The van der Waals surface area contributed by atoms with E-state index < -0.39 is 0 Å². The van der Waals surface area contributed by atoms with Crippen LogP contribution in [0.4, 0.5) is 0 Å². The molecule has 2 heteroatoms. The molecule has 0 spiro atoms. The van der Waals surface area contributed by atoms with E-state index in [1.54, 1.807) is 7.11 Å². The van der Waals surface area contributed by atoms with E-state index in [9.17, 15) is 0 Å². The van der Waals surface area contributed by atoms with Gasteiger partial charge in [-0.15, -0.1) is 0 Å². The number of methoxy groups -OCH3 is 1. The molecule has 0 aliphatic heterocycles. The van der Waals surface area contributed by atoms with Gasteiger partial charge in [0.2, 0.25) is 0 Å². The molecule has 0 aromatic heterocycles. The van der Waals surface area contributed by atoms with Crippen LogP contribution in [0.3, 0.4) is 0 Å². The lowest BCUT2D eigenvalue weighted by Crippen LogP contribution is -1.96. The van der Waals surface area contributed by atoms with Crippen LogP contribution in [0, 0.1) is 0 Å². The molecule has 0 saturated carbocycles. The second-order valence-corrected chi connectivity index (χ2v) is 3.17. The Balaban J connectivity index is 0.00000106. The Morgan fingerprint density at radius 3 is 2.25 bits per heavy atom. The number of ether oxygens (including phenoxy) is 2. The first-order chi connectivity index (χ1) is 7.81. The van der Waals surface area contributed by atoms with Crippen LogP contribution < -0.4 is 9.47 Å². The molecule has 1 aromatic carbocycles. The highest BCUT2D eigenvalue weighted by molar-refractivity contribution is 5.42. The van der Waals surface area contributed by atoms with Gasteiger partial charge in [0.15, 0.2) is 11.5 Å². The molecule has 2 nitrogen and oxygen atoms in total. The lowest BCUT2D eigenvalue weighted by atomic mass is 10.1. The topological polar surface area (TPSA) is 18.5 Å². The fourth-order valence-electron chi connectivity index (χ4n) is 1.43. The van der Waals surface area contributed by atoms with E-state index in [1.807, 2.05) is 26.8 Å². The Hall–Kier alpha value is -1.18. The molecule has 1 rings (SSSR count). The lowest BCUT2D eigenvalue weighted by molar-refractivity contribution is 0.310. The fraction of sp³-hybridized carbons (Fsp3) is 0.571. The van der Waals surface area contributed by atoms with Gasteiger partial charge in [0.1, 0.15) is 0 Å². The standard InChI is InChI=1S/C12H18O2.C2H6/c1-4-6-10-7-8-11(13-3)12(9-10)14-5-2;1-2/h7-9H,4-6H2,1-3H3;1-2H3. The molecule has 0 heterocycles. The van der Waals surface area contributed by atoms with Gasteiger partial charge in [-0.3, -0.25) is 0 Å². The molecule has 0 bridgehead atoms. The maximum absolute atomic E-state index is 5.49. The lowest BCUT2D eigenvalue weighted by Gasteiger charge is -2.10. The van der Waals surface area contributed by atoms with Crippen molar-refractivity contribution >= 4 is 0 Å². The number of aryl methyl sites for hydroxylation is 1. The number of hydrogen-bond acceptors (Lipinski definition) is 2. The summed E-state index contributed by atoms with van der Waals surface area (Å²) in [6.07, 6.45) is 2.24. The highest BCUT2D eigenvalue weighted by Gasteiger charge is 2.04. The smallest absolute Gasteiger partial charge is 0.161 e. The van der Waals surface area contributed by atoms with Gasteiger partial charge in [-0.2, -0.15) is 0 Å². The Morgan fingerprint density at radius 1 is 1.06 bits per heavy atom. The second kappa shape index (κ2) is 9.08. The largest absolute Gasteiger partial charge is 0.493 e. The predicted octanol–water partition coefficient (Wildman–Crippen LogP) is 4.07. The van der Waals surface area contributed by atoms with E-state index in [1.165, 1.54) is 5.56 Å². The summed E-state index contributed by atoms with van der Waals surface area (Å²) in [7, 11) is 1.66. The van der Waals surface area contributed by atoms with Gasteiger partial charge in [0, 0.05) is 0 Å². The molecule has 0 saturated heterocycles. The SMILES string of the molecule is CC.CCCc1ccc(OC)c(OCC)c1. The summed E-state index contributed by atoms with van der Waals surface area (Å²) in [6, 6.07) is 6.12. The molecule has 0 amide bonds. The summed E-state index contributed by atoms with van der Waals surface area (Å²) < 4.78 is 10.7. The average molecular weight is 224 g/mol. The number of rotatable bonds is 5. The molecule has 16 heavy (non-hydrogen) atoms. The van der Waals surface area contributed by atoms with Gasteiger partial charge in [0.25, 0.3) is 0 Å². The van der Waals surface area contributed by atoms with Crippen molar-refractivity contribution in [1.82, 2.24) is 0 Å². The molecule has 0 fully saturated rings. The van der Waals surface area contributed by atoms with Gasteiger partial charge >= 0.3 is 0 Å². The molecular formula is C14H24O2. The van der Waals surface area contributed by atoms with Crippen molar-refractivity contribution in [3.05, 3.63) is 23.8 Å². The summed E-state index contributed by atoms with van der Waals surface area (Å²) in [4.78, 5) is 0. The third-order valence-electron chi connectivity index (χ3n) is 2.07. The minimum absolute atomic E-state index is 0.673. The normalized spacial score (nSPS) is 9.06. The third-order valence-corrected chi connectivity index (χ3v) is 2.07. The molecule has 0 unspecified atom stereocenters. The first-order valence-corrected chi connectivity index (χ1v) is 6.11. The Kier molecular flexibility index (Phi) is 8.41. The zero-order valence-corrected chi connectivity index (χ0v) is 11.2. The summed E-state index contributed by atoms with van der Waals surface area (Å²) in [6.45, 7) is 8.82. The maximum atomic E-state index is 5.49. The van der Waals surface area contributed by atoms with Crippen LogP contribution in [0.5, 0.6) is 11.5 Å². The van der Waals surface area contributed by atoms with Crippen LogP contribution in [-0.2, 0) is 6.42 Å². The van der Waals surface area contributed by atoms with Crippen molar-refractivity contribution in [2.24, 2.45) is 0 Å². The molecule has 1 aromatic rings. The zero-order chi connectivity index (χ0) is 12.4. The van der Waals surface area contributed by atoms with Gasteiger partial charge in [-0.1, -0.05) is 33.3 Å². The highest BCUT2D eigenvalue weighted by atomic mass is 16.5. The summed E-state index contributed by atoms with van der Waals surface area (Å²) in [5.74, 6) is 1.66. The van der Waals surface area contributed by atoms with Crippen LogP contribution in [0.2, 0.25) is 0 Å². The summed E-state index contributed by atoms with van der Waals surface area (Å²) in [5, 5.41) is 0. The summed E-state index contributed by atoms with van der Waals surface area (Å²) >= 11 is 0. The van der Waals surface area contributed by atoms with Crippen molar-refractivity contribution in [3.8, 4) is 11.5 Å². The Labute approximate surface area is 99.6 Å². The van der Waals surface area contributed by atoms with Crippen LogP contribution >= 0.6 is 0 Å². The van der Waals surface area contributed by atoms with E-state index in [0.29, 0.717) is 6.61 Å². The Morgan fingerprint density at radius 2 is 1.75 bits per heavy atom. The van der Waals surface area contributed by atoms with E-state index >= 15 is 0 Å². The Bertz CT molecular complexity index is 282. The maximum Gasteiger partial charge on any atom is 0.161 e. The minimum atomic E-state index is 0.673. The van der Waals surface area contributed by atoms with Crippen molar-refractivity contribution in [1.29, 1.82) is 0 Å². The van der Waals surface area contributed by atoms with E-state index in [0.717, 1.165) is 24.3 Å². The van der Waals surface area contributed by atoms with Crippen molar-refractivity contribution in [3.63, 3.8) is 0 Å². The first kappa shape index (κ1) is 14.8. The number of hydrogen-bond donors (Lipinski definition) is 0.